The number of benzene rings is 1. The van der Waals surface area contributed by atoms with Crippen molar-refractivity contribution in [3.63, 3.8) is 0 Å². The van der Waals surface area contributed by atoms with Gasteiger partial charge in [-0.15, -0.1) is 0 Å². The van der Waals surface area contributed by atoms with E-state index in [2.05, 4.69) is 9.97 Å². The molecule has 15 heavy (non-hydrogen) atoms. The summed E-state index contributed by atoms with van der Waals surface area (Å²) in [5.41, 5.74) is 1.65. The molecule has 3 nitrogen and oxygen atoms in total. The highest BCUT2D eigenvalue weighted by molar-refractivity contribution is 7.71. The number of para-hydroxylation sites is 1. The molecule has 0 atom stereocenters. The topological polar surface area (TPSA) is 37.9 Å². The van der Waals surface area contributed by atoms with Gasteiger partial charge in [0.25, 0.3) is 0 Å². The van der Waals surface area contributed by atoms with Crippen LogP contribution in [0.4, 0.5) is 0 Å². The normalized spacial score (nSPS) is 9.93. The number of H-pyrrole nitrogens is 1. The van der Waals surface area contributed by atoms with E-state index in [1.54, 1.807) is 19.5 Å². The summed E-state index contributed by atoms with van der Waals surface area (Å²) >= 11 is 5.17. The standard InChI is InChI=1S/C11H10N2OS/c1-14-9-5-3-2-4-8(9)10-11(15)13-7-6-12-10/h2-7H,1H3,(H,13,15). The Hall–Kier alpha value is -1.68. The first-order chi connectivity index (χ1) is 7.33. The minimum Gasteiger partial charge on any atom is -0.496 e. The highest BCUT2D eigenvalue weighted by Gasteiger charge is 2.06. The van der Waals surface area contributed by atoms with Crippen LogP contribution in [0.1, 0.15) is 0 Å². The Morgan fingerprint density at radius 1 is 1.33 bits per heavy atom. The van der Waals surface area contributed by atoms with Crippen molar-refractivity contribution in [3.8, 4) is 17.0 Å². The van der Waals surface area contributed by atoms with Crippen molar-refractivity contribution in [2.45, 2.75) is 0 Å². The van der Waals surface area contributed by atoms with E-state index in [4.69, 9.17) is 17.0 Å². The molecule has 1 aromatic heterocycles. The van der Waals surface area contributed by atoms with Crippen LogP contribution in [0.3, 0.4) is 0 Å². The molecule has 0 bridgehead atoms. The van der Waals surface area contributed by atoms with E-state index in [-0.39, 0.29) is 0 Å². The molecule has 4 heteroatoms. The predicted octanol–water partition coefficient (Wildman–Crippen LogP) is 2.81. The molecule has 2 rings (SSSR count). The maximum absolute atomic E-state index is 5.25. The van der Waals surface area contributed by atoms with Gasteiger partial charge >= 0.3 is 0 Å². The molecule has 0 aliphatic heterocycles. The zero-order valence-electron chi connectivity index (χ0n) is 8.23. The van der Waals surface area contributed by atoms with Gasteiger partial charge in [0.2, 0.25) is 0 Å². The number of nitrogens with one attached hydrogen (secondary N) is 1. The first kappa shape index (κ1) is 9.86. The number of hydrogen-bond acceptors (Lipinski definition) is 3. The zero-order valence-corrected chi connectivity index (χ0v) is 9.04. The van der Waals surface area contributed by atoms with Crippen LogP contribution in [0, 0.1) is 4.64 Å². The van der Waals surface area contributed by atoms with Crippen LogP contribution in [-0.2, 0) is 0 Å². The lowest BCUT2D eigenvalue weighted by molar-refractivity contribution is 0.416. The summed E-state index contributed by atoms with van der Waals surface area (Å²) in [5.74, 6) is 0.774. The van der Waals surface area contributed by atoms with Gasteiger partial charge in [0.15, 0.2) is 0 Å². The predicted molar refractivity (Wildman–Crippen MR) is 61.4 cm³/mol. The van der Waals surface area contributed by atoms with Crippen molar-refractivity contribution < 1.29 is 4.74 Å². The SMILES string of the molecule is COc1ccccc1-c1ncc[nH]c1=S. The Kier molecular flexibility index (Phi) is 2.78. The molecule has 0 amide bonds. The molecule has 0 aliphatic rings. The highest BCUT2D eigenvalue weighted by atomic mass is 32.1. The Labute approximate surface area is 92.8 Å². The fourth-order valence-corrected chi connectivity index (χ4v) is 1.61. The van der Waals surface area contributed by atoms with Crippen LogP contribution in [-0.4, -0.2) is 17.1 Å². The summed E-state index contributed by atoms with van der Waals surface area (Å²) in [6.07, 6.45) is 3.39. The van der Waals surface area contributed by atoms with Crippen LogP contribution in [0.15, 0.2) is 36.7 Å². The van der Waals surface area contributed by atoms with Crippen LogP contribution < -0.4 is 4.74 Å². The second-order valence-corrected chi connectivity index (χ2v) is 3.38. The number of aromatic nitrogens is 2. The van der Waals surface area contributed by atoms with Crippen molar-refractivity contribution in [1.29, 1.82) is 0 Å². The lowest BCUT2D eigenvalue weighted by Crippen LogP contribution is -1.91. The summed E-state index contributed by atoms with van der Waals surface area (Å²) in [6.45, 7) is 0. The van der Waals surface area contributed by atoms with Gasteiger partial charge < -0.3 is 9.72 Å². The first-order valence-corrected chi connectivity index (χ1v) is 4.91. The molecular weight excluding hydrogens is 208 g/mol. The van der Waals surface area contributed by atoms with Gasteiger partial charge in [0.1, 0.15) is 16.1 Å². The average Bonchev–Trinajstić information content (AvgIpc) is 2.30. The van der Waals surface area contributed by atoms with E-state index in [1.807, 2.05) is 24.3 Å². The van der Waals surface area contributed by atoms with Gasteiger partial charge in [-0.3, -0.25) is 4.98 Å². The van der Waals surface area contributed by atoms with Crippen LogP contribution in [0.5, 0.6) is 5.75 Å². The number of hydrogen-bond donors (Lipinski definition) is 1. The Bertz CT molecular complexity index is 522. The van der Waals surface area contributed by atoms with Crippen LogP contribution in [0.2, 0.25) is 0 Å². The second-order valence-electron chi connectivity index (χ2n) is 2.97. The average molecular weight is 218 g/mol. The molecule has 0 radical (unpaired) electrons. The van der Waals surface area contributed by atoms with Crippen molar-refractivity contribution >= 4 is 12.2 Å². The molecule has 0 fully saturated rings. The number of ether oxygens (including phenoxy) is 1. The highest BCUT2D eigenvalue weighted by Crippen LogP contribution is 2.27. The van der Waals surface area contributed by atoms with Gasteiger partial charge in [-0.1, -0.05) is 24.4 Å². The van der Waals surface area contributed by atoms with Gasteiger partial charge in [0, 0.05) is 18.0 Å². The summed E-state index contributed by atoms with van der Waals surface area (Å²) in [4.78, 5) is 7.19. The molecule has 76 valence electrons. The molecule has 1 N–H and O–H groups in total. The van der Waals surface area contributed by atoms with Crippen LogP contribution in [0.25, 0.3) is 11.3 Å². The number of methoxy groups -OCH3 is 1. The third kappa shape index (κ3) is 1.89. The number of rotatable bonds is 2. The van der Waals surface area contributed by atoms with Gasteiger partial charge in [-0.05, 0) is 12.1 Å². The van der Waals surface area contributed by atoms with Crippen molar-refractivity contribution in [2.75, 3.05) is 7.11 Å². The molecule has 0 aliphatic carbocycles. The molecule has 0 saturated carbocycles. The Morgan fingerprint density at radius 2 is 2.13 bits per heavy atom. The largest absolute Gasteiger partial charge is 0.496 e. The number of nitrogens with zero attached hydrogens (tertiary/aromatic N) is 1. The van der Waals surface area contributed by atoms with Gasteiger partial charge in [-0.25, -0.2) is 0 Å². The fourth-order valence-electron chi connectivity index (χ4n) is 1.38. The fraction of sp³-hybridized carbons (Fsp3) is 0.0909. The molecular formula is C11H10N2OS. The second kappa shape index (κ2) is 4.23. The third-order valence-electron chi connectivity index (χ3n) is 2.07. The molecule has 1 heterocycles. The van der Waals surface area contributed by atoms with Gasteiger partial charge in [-0.2, -0.15) is 0 Å². The zero-order chi connectivity index (χ0) is 10.7. The van der Waals surface area contributed by atoms with Crippen molar-refractivity contribution in [3.05, 3.63) is 41.3 Å². The summed E-state index contributed by atoms with van der Waals surface area (Å²) in [5, 5.41) is 0. The minimum atomic E-state index is 0.613. The first-order valence-electron chi connectivity index (χ1n) is 4.50. The smallest absolute Gasteiger partial charge is 0.130 e. The quantitative estimate of drug-likeness (QED) is 0.788. The van der Waals surface area contributed by atoms with Crippen molar-refractivity contribution in [2.24, 2.45) is 0 Å². The lowest BCUT2D eigenvalue weighted by Gasteiger charge is -2.06. The van der Waals surface area contributed by atoms with E-state index in [1.165, 1.54) is 0 Å². The van der Waals surface area contributed by atoms with Gasteiger partial charge in [0.05, 0.1) is 7.11 Å². The van der Waals surface area contributed by atoms with E-state index in [9.17, 15) is 0 Å². The maximum Gasteiger partial charge on any atom is 0.130 e. The maximum atomic E-state index is 5.25. The monoisotopic (exact) mass is 218 g/mol. The molecule has 1 aromatic carbocycles. The van der Waals surface area contributed by atoms with E-state index in [0.29, 0.717) is 4.64 Å². The summed E-state index contributed by atoms with van der Waals surface area (Å²) < 4.78 is 5.87. The summed E-state index contributed by atoms with van der Waals surface area (Å²) in [7, 11) is 1.63. The summed E-state index contributed by atoms with van der Waals surface area (Å²) in [6, 6.07) is 7.67. The molecule has 2 aromatic rings. The van der Waals surface area contributed by atoms with E-state index >= 15 is 0 Å². The van der Waals surface area contributed by atoms with E-state index in [0.717, 1.165) is 17.0 Å². The Morgan fingerprint density at radius 3 is 2.87 bits per heavy atom. The molecule has 0 saturated heterocycles. The minimum absolute atomic E-state index is 0.613. The number of aromatic amines is 1. The third-order valence-corrected chi connectivity index (χ3v) is 2.38. The van der Waals surface area contributed by atoms with Crippen LogP contribution >= 0.6 is 12.2 Å². The molecule has 0 spiro atoms. The molecule has 0 unspecified atom stereocenters. The Balaban J connectivity index is 2.64. The lowest BCUT2D eigenvalue weighted by atomic mass is 10.1. The van der Waals surface area contributed by atoms with Crippen molar-refractivity contribution in [1.82, 2.24) is 9.97 Å². The van der Waals surface area contributed by atoms with E-state index < -0.39 is 0 Å².